The maximum atomic E-state index is 12.1. The highest BCUT2D eigenvalue weighted by atomic mass is 35.5. The normalized spacial score (nSPS) is 19.0. The van der Waals surface area contributed by atoms with Crippen molar-refractivity contribution in [1.82, 2.24) is 4.90 Å². The number of anilines is 1. The van der Waals surface area contributed by atoms with Gasteiger partial charge >= 0.3 is 0 Å². The summed E-state index contributed by atoms with van der Waals surface area (Å²) in [6.45, 7) is 1.99. The van der Waals surface area contributed by atoms with E-state index in [1.54, 1.807) is 18.2 Å². The average Bonchev–Trinajstić information content (AvgIpc) is 2.47. The molecule has 1 saturated heterocycles. The van der Waals surface area contributed by atoms with Crippen molar-refractivity contribution in [2.24, 2.45) is 5.92 Å². The minimum atomic E-state index is -0.174. The van der Waals surface area contributed by atoms with Gasteiger partial charge in [0.2, 0.25) is 5.91 Å². The molecule has 1 atom stereocenters. The Kier molecular flexibility index (Phi) is 5.57. The van der Waals surface area contributed by atoms with Crippen LogP contribution in [0.3, 0.4) is 0 Å². The number of likely N-dealkylation sites (tertiary alicyclic amines) is 1. The molecule has 1 aliphatic rings. The number of aliphatic hydroxyl groups is 1. The summed E-state index contributed by atoms with van der Waals surface area (Å²) >= 11 is 5.89. The maximum absolute atomic E-state index is 12.1. The topological polar surface area (TPSA) is 76.4 Å². The van der Waals surface area contributed by atoms with E-state index in [0.717, 1.165) is 25.9 Å². The second-order valence-corrected chi connectivity index (χ2v) is 5.71. The predicted molar refractivity (Wildman–Crippen MR) is 81.0 cm³/mol. The molecule has 0 aromatic heterocycles. The number of carbonyl (C=O) groups excluding carboxylic acids is 1. The highest BCUT2D eigenvalue weighted by molar-refractivity contribution is 6.31. The Balaban J connectivity index is 1.96. The predicted octanol–water partition coefficient (Wildman–Crippen LogP) is 1.85. The number of benzene rings is 1. The van der Waals surface area contributed by atoms with Gasteiger partial charge in [0, 0.05) is 18.2 Å². The molecule has 1 aromatic rings. The molecule has 0 saturated carbocycles. The van der Waals surface area contributed by atoms with E-state index in [-0.39, 0.29) is 25.0 Å². The Labute approximate surface area is 129 Å². The molecule has 2 N–H and O–H groups in total. The van der Waals surface area contributed by atoms with Crippen LogP contribution in [-0.4, -0.2) is 42.2 Å². The minimum Gasteiger partial charge on any atom is -0.396 e. The fraction of sp³-hybridized carbons (Fsp3) is 0.467. The summed E-state index contributed by atoms with van der Waals surface area (Å²) in [6, 6.07) is 6.80. The van der Waals surface area contributed by atoms with Crippen LogP contribution >= 0.6 is 11.6 Å². The SMILES string of the molecule is N#Cc1ccc(Cl)cc1NC(=O)CN1CCCC(CO)C1. The Hall–Kier alpha value is -1.61. The number of nitrogens with one attached hydrogen (secondary N) is 1. The molecule has 1 heterocycles. The van der Waals surface area contributed by atoms with Crippen LogP contribution in [0, 0.1) is 17.2 Å². The number of carbonyl (C=O) groups is 1. The Morgan fingerprint density at radius 1 is 1.57 bits per heavy atom. The van der Waals surface area contributed by atoms with Gasteiger partial charge in [-0.25, -0.2) is 0 Å². The van der Waals surface area contributed by atoms with Gasteiger partial charge < -0.3 is 10.4 Å². The van der Waals surface area contributed by atoms with Crippen LogP contribution in [-0.2, 0) is 4.79 Å². The first-order chi connectivity index (χ1) is 10.1. The van der Waals surface area contributed by atoms with Gasteiger partial charge in [-0.15, -0.1) is 0 Å². The zero-order valence-corrected chi connectivity index (χ0v) is 12.4. The largest absolute Gasteiger partial charge is 0.396 e. The Morgan fingerprint density at radius 2 is 2.38 bits per heavy atom. The Morgan fingerprint density at radius 3 is 3.10 bits per heavy atom. The molecule has 6 heteroatoms. The third kappa shape index (κ3) is 4.43. The molecule has 112 valence electrons. The molecule has 2 rings (SSSR count). The first kappa shape index (κ1) is 15.8. The summed E-state index contributed by atoms with van der Waals surface area (Å²) in [4.78, 5) is 14.1. The van der Waals surface area contributed by atoms with Crippen molar-refractivity contribution in [3.05, 3.63) is 28.8 Å². The zero-order chi connectivity index (χ0) is 15.2. The van der Waals surface area contributed by atoms with Crippen molar-refractivity contribution in [2.45, 2.75) is 12.8 Å². The number of hydrogen-bond donors (Lipinski definition) is 2. The lowest BCUT2D eigenvalue weighted by Crippen LogP contribution is -2.41. The number of aliphatic hydroxyl groups excluding tert-OH is 1. The maximum Gasteiger partial charge on any atom is 0.238 e. The average molecular weight is 308 g/mol. The number of rotatable bonds is 4. The first-order valence-electron chi connectivity index (χ1n) is 6.95. The number of hydrogen-bond acceptors (Lipinski definition) is 4. The van der Waals surface area contributed by atoms with Gasteiger partial charge in [-0.1, -0.05) is 11.6 Å². The van der Waals surface area contributed by atoms with Crippen molar-refractivity contribution in [1.29, 1.82) is 5.26 Å². The molecule has 0 radical (unpaired) electrons. The van der Waals surface area contributed by atoms with E-state index in [1.165, 1.54) is 0 Å². The van der Waals surface area contributed by atoms with Crippen molar-refractivity contribution >= 4 is 23.2 Å². The van der Waals surface area contributed by atoms with Crippen molar-refractivity contribution < 1.29 is 9.90 Å². The minimum absolute atomic E-state index is 0.158. The van der Waals surface area contributed by atoms with Crippen LogP contribution in [0.15, 0.2) is 18.2 Å². The van der Waals surface area contributed by atoms with E-state index >= 15 is 0 Å². The van der Waals surface area contributed by atoms with E-state index in [2.05, 4.69) is 5.32 Å². The number of amides is 1. The molecular formula is C15H18ClN3O2. The highest BCUT2D eigenvalue weighted by Gasteiger charge is 2.21. The quantitative estimate of drug-likeness (QED) is 0.890. The number of piperidine rings is 1. The van der Waals surface area contributed by atoms with Gasteiger partial charge in [-0.3, -0.25) is 9.69 Å². The molecule has 1 unspecified atom stereocenters. The van der Waals surface area contributed by atoms with Gasteiger partial charge in [0.25, 0.3) is 0 Å². The third-order valence-electron chi connectivity index (χ3n) is 3.60. The summed E-state index contributed by atoms with van der Waals surface area (Å²) < 4.78 is 0. The van der Waals surface area contributed by atoms with Crippen molar-refractivity contribution in [3.8, 4) is 6.07 Å². The lowest BCUT2D eigenvalue weighted by atomic mass is 9.99. The molecule has 1 fully saturated rings. The summed E-state index contributed by atoms with van der Waals surface area (Å²) in [7, 11) is 0. The van der Waals surface area contributed by atoms with Crippen LogP contribution in [0.5, 0.6) is 0 Å². The van der Waals surface area contributed by atoms with E-state index in [9.17, 15) is 9.90 Å². The fourth-order valence-corrected chi connectivity index (χ4v) is 2.73. The van der Waals surface area contributed by atoms with E-state index in [1.807, 2.05) is 11.0 Å². The van der Waals surface area contributed by atoms with Crippen molar-refractivity contribution in [3.63, 3.8) is 0 Å². The second kappa shape index (κ2) is 7.41. The van der Waals surface area contributed by atoms with Gasteiger partial charge in [0.15, 0.2) is 0 Å². The highest BCUT2D eigenvalue weighted by Crippen LogP contribution is 2.21. The number of nitrogens with zero attached hydrogens (tertiary/aromatic N) is 2. The van der Waals surface area contributed by atoms with Gasteiger partial charge in [-0.2, -0.15) is 5.26 Å². The van der Waals surface area contributed by atoms with E-state index < -0.39 is 0 Å². The lowest BCUT2D eigenvalue weighted by molar-refractivity contribution is -0.117. The smallest absolute Gasteiger partial charge is 0.238 e. The van der Waals surface area contributed by atoms with Crippen LogP contribution < -0.4 is 5.32 Å². The second-order valence-electron chi connectivity index (χ2n) is 5.28. The van der Waals surface area contributed by atoms with Crippen LogP contribution in [0.4, 0.5) is 5.69 Å². The fourth-order valence-electron chi connectivity index (χ4n) is 2.55. The molecule has 1 amide bonds. The van der Waals surface area contributed by atoms with Crippen LogP contribution in [0.1, 0.15) is 18.4 Å². The summed E-state index contributed by atoms with van der Waals surface area (Å²) in [5.41, 5.74) is 0.824. The molecule has 1 aromatic carbocycles. The number of halogens is 1. The van der Waals surface area contributed by atoms with Gasteiger partial charge in [0.1, 0.15) is 6.07 Å². The van der Waals surface area contributed by atoms with Crippen LogP contribution in [0.25, 0.3) is 0 Å². The lowest BCUT2D eigenvalue weighted by Gasteiger charge is -2.31. The van der Waals surface area contributed by atoms with Crippen molar-refractivity contribution in [2.75, 3.05) is 31.6 Å². The molecular weight excluding hydrogens is 290 g/mol. The van der Waals surface area contributed by atoms with E-state index in [0.29, 0.717) is 16.3 Å². The van der Waals surface area contributed by atoms with Crippen LogP contribution in [0.2, 0.25) is 5.02 Å². The summed E-state index contributed by atoms with van der Waals surface area (Å²) in [5.74, 6) is 0.0692. The molecule has 1 aliphatic heterocycles. The third-order valence-corrected chi connectivity index (χ3v) is 3.84. The zero-order valence-electron chi connectivity index (χ0n) is 11.7. The number of nitriles is 1. The standard InChI is InChI=1S/C15H18ClN3O2/c16-13-4-3-12(7-17)14(6-13)18-15(21)9-19-5-1-2-11(8-19)10-20/h3-4,6,11,20H,1-2,5,8-10H2,(H,18,21). The monoisotopic (exact) mass is 307 g/mol. The molecule has 0 bridgehead atoms. The molecule has 0 aliphatic carbocycles. The van der Waals surface area contributed by atoms with E-state index in [4.69, 9.17) is 16.9 Å². The first-order valence-corrected chi connectivity index (χ1v) is 7.33. The Bertz CT molecular complexity index is 556. The van der Waals surface area contributed by atoms with Gasteiger partial charge in [0.05, 0.1) is 17.8 Å². The molecule has 21 heavy (non-hydrogen) atoms. The molecule has 5 nitrogen and oxygen atoms in total. The van der Waals surface area contributed by atoms with Gasteiger partial charge in [-0.05, 0) is 43.5 Å². The summed E-state index contributed by atoms with van der Waals surface area (Å²) in [6.07, 6.45) is 1.99. The molecule has 0 spiro atoms. The summed E-state index contributed by atoms with van der Waals surface area (Å²) in [5, 5.41) is 21.4.